The minimum absolute atomic E-state index is 0.0677. The van der Waals surface area contributed by atoms with Crippen molar-refractivity contribution in [2.24, 2.45) is 0 Å². The van der Waals surface area contributed by atoms with Crippen LogP contribution in [0.25, 0.3) is 10.2 Å². The van der Waals surface area contributed by atoms with Crippen molar-refractivity contribution in [1.82, 2.24) is 9.88 Å². The van der Waals surface area contributed by atoms with E-state index in [9.17, 15) is 18.0 Å². The van der Waals surface area contributed by atoms with Crippen LogP contribution in [-0.2, 0) is 10.9 Å². The first kappa shape index (κ1) is 22.0. The molecule has 174 valence electrons. The summed E-state index contributed by atoms with van der Waals surface area (Å²) in [6.45, 7) is 4.86. The number of thiazole rings is 1. The van der Waals surface area contributed by atoms with Crippen molar-refractivity contribution in [3.63, 3.8) is 0 Å². The Balaban J connectivity index is 1.26. The summed E-state index contributed by atoms with van der Waals surface area (Å²) in [6, 6.07) is 10.9. The molecule has 2 saturated heterocycles. The molecule has 2 fully saturated rings. The molecule has 0 unspecified atom stereocenters. The molecule has 10 heteroatoms. The molecular weight excluding hydrogens is 453 g/mol. The van der Waals surface area contributed by atoms with Gasteiger partial charge in [-0.1, -0.05) is 17.4 Å². The van der Waals surface area contributed by atoms with Crippen LogP contribution in [-0.4, -0.2) is 68.3 Å². The van der Waals surface area contributed by atoms with Gasteiger partial charge < -0.3 is 19.4 Å². The summed E-state index contributed by atoms with van der Waals surface area (Å²) in [5, 5.41) is 0.938. The quantitative estimate of drug-likeness (QED) is 0.570. The van der Waals surface area contributed by atoms with Crippen molar-refractivity contribution in [3.8, 4) is 0 Å². The molecule has 1 amide bonds. The molecule has 0 bridgehead atoms. The van der Waals surface area contributed by atoms with Crippen LogP contribution in [0.3, 0.4) is 0 Å². The number of anilines is 2. The van der Waals surface area contributed by atoms with E-state index in [2.05, 4.69) is 4.90 Å². The number of alkyl halides is 3. The molecule has 2 aliphatic heterocycles. The molecule has 0 spiro atoms. The summed E-state index contributed by atoms with van der Waals surface area (Å²) in [6.07, 6.45) is -4.37. The van der Waals surface area contributed by atoms with E-state index < -0.39 is 11.7 Å². The topological polar surface area (TPSA) is 48.9 Å². The molecule has 33 heavy (non-hydrogen) atoms. The summed E-state index contributed by atoms with van der Waals surface area (Å²) in [5.74, 6) is -0.0677. The van der Waals surface area contributed by atoms with E-state index >= 15 is 0 Å². The lowest BCUT2D eigenvalue weighted by Gasteiger charge is -2.36. The second-order valence-corrected chi connectivity index (χ2v) is 9.11. The maximum absolute atomic E-state index is 13.1. The lowest BCUT2D eigenvalue weighted by atomic mass is 10.1. The highest BCUT2D eigenvalue weighted by Gasteiger charge is 2.31. The van der Waals surface area contributed by atoms with Crippen molar-refractivity contribution < 1.29 is 22.7 Å². The fourth-order valence-corrected chi connectivity index (χ4v) is 5.22. The summed E-state index contributed by atoms with van der Waals surface area (Å²) in [5.41, 5.74) is 1.34. The zero-order valence-electron chi connectivity index (χ0n) is 17.8. The molecule has 6 nitrogen and oxygen atoms in total. The third-order valence-corrected chi connectivity index (χ3v) is 7.09. The maximum atomic E-state index is 13.1. The zero-order chi connectivity index (χ0) is 23.0. The SMILES string of the molecule is O=C(c1ccc2nc(N3CCOCC3)sc2c1)N1CCN(c2cccc(C(F)(F)F)c2)CC1. The van der Waals surface area contributed by atoms with E-state index in [-0.39, 0.29) is 5.91 Å². The van der Waals surface area contributed by atoms with Gasteiger partial charge in [0.25, 0.3) is 5.91 Å². The number of hydrogen-bond donors (Lipinski definition) is 0. The Bertz CT molecular complexity index is 1150. The summed E-state index contributed by atoms with van der Waals surface area (Å²) in [7, 11) is 0. The fraction of sp³-hybridized carbons (Fsp3) is 0.391. The Hall–Kier alpha value is -2.85. The Labute approximate surface area is 193 Å². The number of piperazine rings is 1. The number of benzene rings is 2. The second kappa shape index (κ2) is 8.83. The molecule has 3 aromatic rings. The number of aromatic nitrogens is 1. The van der Waals surface area contributed by atoms with Crippen molar-refractivity contribution in [2.45, 2.75) is 6.18 Å². The van der Waals surface area contributed by atoms with Crippen LogP contribution in [0.4, 0.5) is 24.0 Å². The smallest absolute Gasteiger partial charge is 0.378 e. The van der Waals surface area contributed by atoms with Gasteiger partial charge in [0.1, 0.15) is 0 Å². The van der Waals surface area contributed by atoms with E-state index in [0.717, 1.165) is 34.5 Å². The number of fused-ring (bicyclic) bond motifs is 1. The van der Waals surface area contributed by atoms with Crippen LogP contribution in [0.15, 0.2) is 42.5 Å². The summed E-state index contributed by atoms with van der Waals surface area (Å²) >= 11 is 1.57. The minimum Gasteiger partial charge on any atom is -0.378 e. The Kier molecular flexibility index (Phi) is 5.88. The van der Waals surface area contributed by atoms with E-state index in [4.69, 9.17) is 9.72 Å². The highest BCUT2D eigenvalue weighted by atomic mass is 32.1. The molecule has 0 N–H and O–H groups in total. The molecule has 2 aliphatic rings. The van der Waals surface area contributed by atoms with Gasteiger partial charge in [0, 0.05) is 50.5 Å². The highest BCUT2D eigenvalue weighted by molar-refractivity contribution is 7.22. The molecule has 1 aromatic heterocycles. The Morgan fingerprint density at radius 1 is 0.939 bits per heavy atom. The number of ether oxygens (including phenoxy) is 1. The van der Waals surface area contributed by atoms with E-state index in [1.54, 1.807) is 28.4 Å². The minimum atomic E-state index is -4.37. The van der Waals surface area contributed by atoms with Crippen LogP contribution >= 0.6 is 11.3 Å². The van der Waals surface area contributed by atoms with Crippen molar-refractivity contribution >= 4 is 38.3 Å². The molecule has 0 radical (unpaired) electrons. The first-order chi connectivity index (χ1) is 15.9. The normalized spacial score (nSPS) is 17.6. The largest absolute Gasteiger partial charge is 0.416 e. The molecule has 0 atom stereocenters. The molecule has 2 aromatic carbocycles. The Morgan fingerprint density at radius 3 is 2.42 bits per heavy atom. The summed E-state index contributed by atoms with van der Waals surface area (Å²) < 4.78 is 45.4. The highest BCUT2D eigenvalue weighted by Crippen LogP contribution is 2.32. The number of morpholine rings is 1. The van der Waals surface area contributed by atoms with Crippen LogP contribution in [0.2, 0.25) is 0 Å². The zero-order valence-corrected chi connectivity index (χ0v) is 18.7. The standard InChI is InChI=1S/C23H23F3N4O2S/c24-23(25,26)17-2-1-3-18(15-17)28-6-8-29(9-7-28)21(31)16-4-5-19-20(14-16)33-22(27-19)30-10-12-32-13-11-30/h1-5,14-15H,6-13H2. The first-order valence-corrected chi connectivity index (χ1v) is 11.6. The number of carbonyl (C=O) groups is 1. The van der Waals surface area contributed by atoms with Gasteiger partial charge in [0.05, 0.1) is 29.0 Å². The van der Waals surface area contributed by atoms with Gasteiger partial charge in [-0.3, -0.25) is 4.79 Å². The van der Waals surface area contributed by atoms with Crippen LogP contribution in [0, 0.1) is 0 Å². The first-order valence-electron chi connectivity index (χ1n) is 10.8. The number of nitrogens with zero attached hydrogens (tertiary/aromatic N) is 4. The second-order valence-electron chi connectivity index (χ2n) is 8.11. The fourth-order valence-electron chi connectivity index (χ4n) is 4.16. The van der Waals surface area contributed by atoms with E-state index in [1.807, 2.05) is 17.0 Å². The average molecular weight is 477 g/mol. The number of rotatable bonds is 3. The predicted octanol–water partition coefficient (Wildman–Crippen LogP) is 4.11. The van der Waals surface area contributed by atoms with Gasteiger partial charge in [-0.05, 0) is 36.4 Å². The number of carbonyl (C=O) groups excluding carboxylic acids is 1. The monoisotopic (exact) mass is 476 g/mol. The lowest BCUT2D eigenvalue weighted by molar-refractivity contribution is -0.137. The van der Waals surface area contributed by atoms with E-state index in [1.165, 1.54) is 12.1 Å². The average Bonchev–Trinajstić information content (AvgIpc) is 3.27. The van der Waals surface area contributed by atoms with Crippen molar-refractivity contribution in [3.05, 3.63) is 53.6 Å². The molecule has 3 heterocycles. The van der Waals surface area contributed by atoms with Crippen molar-refractivity contribution in [2.75, 3.05) is 62.3 Å². The van der Waals surface area contributed by atoms with Crippen LogP contribution < -0.4 is 9.80 Å². The number of hydrogen-bond acceptors (Lipinski definition) is 6. The molecular formula is C23H23F3N4O2S. The molecule has 0 aliphatic carbocycles. The van der Waals surface area contributed by atoms with Crippen LogP contribution in [0.5, 0.6) is 0 Å². The van der Waals surface area contributed by atoms with Gasteiger partial charge in [0.2, 0.25) is 0 Å². The van der Waals surface area contributed by atoms with Gasteiger partial charge in [0.15, 0.2) is 5.13 Å². The van der Waals surface area contributed by atoms with Gasteiger partial charge >= 0.3 is 6.18 Å². The van der Waals surface area contributed by atoms with Gasteiger partial charge in [-0.15, -0.1) is 0 Å². The predicted molar refractivity (Wildman–Crippen MR) is 122 cm³/mol. The van der Waals surface area contributed by atoms with E-state index in [0.29, 0.717) is 50.6 Å². The van der Waals surface area contributed by atoms with Crippen LogP contribution in [0.1, 0.15) is 15.9 Å². The lowest BCUT2D eigenvalue weighted by Crippen LogP contribution is -2.48. The number of halogens is 3. The van der Waals surface area contributed by atoms with Gasteiger partial charge in [-0.25, -0.2) is 4.98 Å². The summed E-state index contributed by atoms with van der Waals surface area (Å²) in [4.78, 5) is 23.6. The molecule has 5 rings (SSSR count). The maximum Gasteiger partial charge on any atom is 0.416 e. The molecule has 0 saturated carbocycles. The number of amides is 1. The van der Waals surface area contributed by atoms with Crippen molar-refractivity contribution in [1.29, 1.82) is 0 Å². The third kappa shape index (κ3) is 4.63. The van der Waals surface area contributed by atoms with Gasteiger partial charge in [-0.2, -0.15) is 13.2 Å². The third-order valence-electron chi connectivity index (χ3n) is 6.01. The Morgan fingerprint density at radius 2 is 1.70 bits per heavy atom.